The third-order valence-electron chi connectivity index (χ3n) is 4.67. The first-order chi connectivity index (χ1) is 15.2. The zero-order valence-corrected chi connectivity index (χ0v) is 17.1. The van der Waals surface area contributed by atoms with Crippen LogP contribution in [0.1, 0.15) is 23.0 Å². The molecule has 0 fully saturated rings. The Morgan fingerprint density at radius 3 is 2.81 bits per heavy atom. The number of amides is 1. The Balaban J connectivity index is 1.55. The molecule has 156 valence electrons. The van der Waals surface area contributed by atoms with Gasteiger partial charge in [0, 0.05) is 10.9 Å². The molecule has 6 heteroatoms. The molecule has 31 heavy (non-hydrogen) atoms. The molecule has 0 spiro atoms. The van der Waals surface area contributed by atoms with Crippen molar-refractivity contribution in [2.75, 3.05) is 13.2 Å². The monoisotopic (exact) mass is 414 g/mol. The number of nitrogens with zero attached hydrogens (tertiary/aromatic N) is 1. The largest absolute Gasteiger partial charge is 0.490 e. The maximum Gasteiger partial charge on any atom is 0.307 e. The van der Waals surface area contributed by atoms with Crippen LogP contribution in [0.5, 0.6) is 11.5 Å². The molecule has 4 aromatic rings. The summed E-state index contributed by atoms with van der Waals surface area (Å²) in [5, 5.41) is 7.08. The highest BCUT2D eigenvalue weighted by Gasteiger charge is 2.14. The summed E-state index contributed by atoms with van der Waals surface area (Å²) in [6.45, 7) is 6.39. The van der Waals surface area contributed by atoms with Crippen molar-refractivity contribution in [2.45, 2.75) is 6.92 Å². The van der Waals surface area contributed by atoms with Gasteiger partial charge in [0.25, 0.3) is 0 Å². The summed E-state index contributed by atoms with van der Waals surface area (Å²) in [7, 11) is 0. The Morgan fingerprint density at radius 2 is 1.97 bits per heavy atom. The predicted molar refractivity (Wildman–Crippen MR) is 122 cm³/mol. The summed E-state index contributed by atoms with van der Waals surface area (Å²) < 4.78 is 17.1. The van der Waals surface area contributed by atoms with Gasteiger partial charge in [-0.3, -0.25) is 4.79 Å². The number of rotatable bonds is 8. The zero-order valence-electron chi connectivity index (χ0n) is 17.1. The van der Waals surface area contributed by atoms with E-state index in [4.69, 9.17) is 13.9 Å². The van der Waals surface area contributed by atoms with Crippen LogP contribution in [0.4, 0.5) is 0 Å². The first kappa shape index (κ1) is 20.2. The Morgan fingerprint density at radius 1 is 1.10 bits per heavy atom. The van der Waals surface area contributed by atoms with Gasteiger partial charge in [-0.25, -0.2) is 5.43 Å². The van der Waals surface area contributed by atoms with E-state index in [0.717, 1.165) is 16.2 Å². The number of carbonyl (C=O) groups excluding carboxylic acids is 1. The third kappa shape index (κ3) is 4.28. The molecule has 0 aliphatic carbocycles. The Kier molecular flexibility index (Phi) is 5.98. The Bertz CT molecular complexity index is 1270. The van der Waals surface area contributed by atoms with Gasteiger partial charge in [-0.2, -0.15) is 5.10 Å². The van der Waals surface area contributed by atoms with Crippen molar-refractivity contribution in [3.8, 4) is 11.5 Å². The molecular formula is C25H22N2O4. The van der Waals surface area contributed by atoms with E-state index in [-0.39, 0.29) is 5.76 Å². The lowest BCUT2D eigenvalue weighted by Gasteiger charge is -2.12. The SMILES string of the molecule is C=CCOc1c(C=NNC(=O)c2cc3c(ccc4ccccc43)o2)cccc1OCC. The minimum absolute atomic E-state index is 0.190. The van der Waals surface area contributed by atoms with Crippen LogP contribution in [0.3, 0.4) is 0 Å². The number of benzene rings is 3. The molecule has 0 saturated carbocycles. The van der Waals surface area contributed by atoms with Crippen molar-refractivity contribution in [1.82, 2.24) is 5.43 Å². The van der Waals surface area contributed by atoms with E-state index >= 15 is 0 Å². The lowest BCUT2D eigenvalue weighted by atomic mass is 10.1. The zero-order chi connectivity index (χ0) is 21.6. The molecule has 4 rings (SSSR count). The summed E-state index contributed by atoms with van der Waals surface area (Å²) in [5.41, 5.74) is 3.83. The van der Waals surface area contributed by atoms with Crippen LogP contribution in [0.2, 0.25) is 0 Å². The number of para-hydroxylation sites is 1. The Labute approximate surface area is 179 Å². The van der Waals surface area contributed by atoms with Gasteiger partial charge in [0.1, 0.15) is 12.2 Å². The molecule has 0 aliphatic heterocycles. The molecule has 0 radical (unpaired) electrons. The van der Waals surface area contributed by atoms with Gasteiger partial charge in [-0.1, -0.05) is 49.1 Å². The average Bonchev–Trinajstić information content (AvgIpc) is 3.24. The molecule has 1 N–H and O–H groups in total. The van der Waals surface area contributed by atoms with E-state index in [1.54, 1.807) is 12.1 Å². The maximum absolute atomic E-state index is 12.6. The number of hydrogen-bond acceptors (Lipinski definition) is 5. The predicted octanol–water partition coefficient (Wildman–Crippen LogP) is 5.31. The number of fused-ring (bicyclic) bond motifs is 3. The highest BCUT2D eigenvalue weighted by Crippen LogP contribution is 2.31. The number of hydrogen-bond donors (Lipinski definition) is 1. The van der Waals surface area contributed by atoms with Gasteiger partial charge in [0.2, 0.25) is 0 Å². The quantitative estimate of drug-likeness (QED) is 0.241. The van der Waals surface area contributed by atoms with Gasteiger partial charge in [-0.05, 0) is 42.0 Å². The third-order valence-corrected chi connectivity index (χ3v) is 4.67. The van der Waals surface area contributed by atoms with Gasteiger partial charge in [0.15, 0.2) is 17.3 Å². The Hall–Kier alpha value is -4.06. The van der Waals surface area contributed by atoms with Crippen LogP contribution in [0, 0.1) is 0 Å². The summed E-state index contributed by atoms with van der Waals surface area (Å²) in [6.07, 6.45) is 3.16. The molecule has 1 heterocycles. The number of ether oxygens (including phenoxy) is 2. The molecular weight excluding hydrogens is 392 g/mol. The van der Waals surface area contributed by atoms with E-state index < -0.39 is 5.91 Å². The highest BCUT2D eigenvalue weighted by molar-refractivity contribution is 6.08. The molecule has 1 amide bonds. The fourth-order valence-corrected chi connectivity index (χ4v) is 3.32. The lowest BCUT2D eigenvalue weighted by Crippen LogP contribution is -2.16. The minimum Gasteiger partial charge on any atom is -0.490 e. The van der Waals surface area contributed by atoms with Crippen LogP contribution >= 0.6 is 0 Å². The van der Waals surface area contributed by atoms with E-state index in [1.807, 2.05) is 61.5 Å². The fraction of sp³-hybridized carbons (Fsp3) is 0.120. The fourth-order valence-electron chi connectivity index (χ4n) is 3.32. The first-order valence-electron chi connectivity index (χ1n) is 9.95. The van der Waals surface area contributed by atoms with Crippen molar-refractivity contribution < 1.29 is 18.7 Å². The highest BCUT2D eigenvalue weighted by atomic mass is 16.5. The van der Waals surface area contributed by atoms with E-state index in [0.29, 0.717) is 35.9 Å². The van der Waals surface area contributed by atoms with Crippen LogP contribution in [0.15, 0.2) is 82.8 Å². The van der Waals surface area contributed by atoms with Gasteiger partial charge in [-0.15, -0.1) is 0 Å². The van der Waals surface area contributed by atoms with Crippen molar-refractivity contribution in [3.63, 3.8) is 0 Å². The number of hydrazone groups is 1. The van der Waals surface area contributed by atoms with Gasteiger partial charge < -0.3 is 13.9 Å². The maximum atomic E-state index is 12.6. The smallest absolute Gasteiger partial charge is 0.307 e. The number of furan rings is 1. The molecule has 6 nitrogen and oxygen atoms in total. The summed E-state index contributed by atoms with van der Waals surface area (Å²) in [5.74, 6) is 0.891. The van der Waals surface area contributed by atoms with Crippen LogP contribution in [0.25, 0.3) is 21.7 Å². The summed E-state index contributed by atoms with van der Waals surface area (Å²) in [4.78, 5) is 12.6. The number of carbonyl (C=O) groups is 1. The average molecular weight is 414 g/mol. The van der Waals surface area contributed by atoms with Crippen molar-refractivity contribution >= 4 is 33.9 Å². The second kappa shape index (κ2) is 9.17. The topological polar surface area (TPSA) is 73.1 Å². The molecule has 1 aromatic heterocycles. The van der Waals surface area contributed by atoms with Crippen LogP contribution < -0.4 is 14.9 Å². The molecule has 0 bridgehead atoms. The molecule has 0 aliphatic rings. The van der Waals surface area contributed by atoms with Crippen molar-refractivity contribution in [1.29, 1.82) is 0 Å². The lowest BCUT2D eigenvalue weighted by molar-refractivity contribution is 0.0929. The minimum atomic E-state index is -0.439. The summed E-state index contributed by atoms with van der Waals surface area (Å²) >= 11 is 0. The van der Waals surface area contributed by atoms with Gasteiger partial charge in [0.05, 0.1) is 12.8 Å². The standard InChI is InChI=1S/C25H22N2O4/c1-3-14-30-24-18(9-7-11-22(24)29-4-2)16-26-27-25(28)23-15-20-19-10-6-5-8-17(19)12-13-21(20)31-23/h3,5-13,15-16H,1,4,14H2,2H3,(H,27,28). The molecule has 0 saturated heterocycles. The molecule has 0 unspecified atom stereocenters. The van der Waals surface area contributed by atoms with Crippen LogP contribution in [-0.2, 0) is 0 Å². The summed E-state index contributed by atoms with van der Waals surface area (Å²) in [6, 6.07) is 19.0. The van der Waals surface area contributed by atoms with E-state index in [1.165, 1.54) is 6.21 Å². The second-order valence-corrected chi connectivity index (χ2v) is 6.72. The molecule has 3 aromatic carbocycles. The van der Waals surface area contributed by atoms with E-state index in [2.05, 4.69) is 17.1 Å². The van der Waals surface area contributed by atoms with Crippen LogP contribution in [-0.4, -0.2) is 25.3 Å². The normalized spacial score (nSPS) is 11.1. The second-order valence-electron chi connectivity index (χ2n) is 6.72. The van der Waals surface area contributed by atoms with Crippen molar-refractivity contribution in [3.05, 3.63) is 84.6 Å². The van der Waals surface area contributed by atoms with E-state index in [9.17, 15) is 4.79 Å². The molecule has 0 atom stereocenters. The first-order valence-corrected chi connectivity index (χ1v) is 9.95. The van der Waals surface area contributed by atoms with Gasteiger partial charge >= 0.3 is 5.91 Å². The van der Waals surface area contributed by atoms with Crippen molar-refractivity contribution in [2.24, 2.45) is 5.10 Å². The number of nitrogens with one attached hydrogen (secondary N) is 1.